The molecular weight excluding hydrogens is 134 g/mol. The molecule has 10 heavy (non-hydrogen) atoms. The monoisotopic (exact) mass is 147 g/mol. The number of nitrogens with two attached hydrogens (primary N) is 1. The van der Waals surface area contributed by atoms with Gasteiger partial charge < -0.3 is 9.94 Å². The molecule has 0 rings (SSSR count). The molecule has 0 fully saturated rings. The zero-order valence-electron chi connectivity index (χ0n) is 6.04. The normalized spacial score (nSPS) is 13.0. The van der Waals surface area contributed by atoms with Crippen LogP contribution in [0.25, 0.3) is 0 Å². The highest BCUT2D eigenvalue weighted by atomic mass is 16.6. The van der Waals surface area contributed by atoms with Crippen LogP contribution in [-0.4, -0.2) is 17.2 Å². The van der Waals surface area contributed by atoms with Crippen LogP contribution < -0.4 is 5.90 Å². The van der Waals surface area contributed by atoms with Crippen molar-refractivity contribution in [1.29, 1.82) is 0 Å². The fraction of sp³-hybridized carbons (Fsp3) is 0.833. The minimum absolute atomic E-state index is 0.00958. The Balaban J connectivity index is 3.49. The largest absolute Gasteiger partial charge is 0.481 e. The van der Waals surface area contributed by atoms with E-state index in [9.17, 15) is 4.79 Å². The summed E-state index contributed by atoms with van der Waals surface area (Å²) in [6, 6.07) is 0. The summed E-state index contributed by atoms with van der Waals surface area (Å²) in [7, 11) is 0. The van der Waals surface area contributed by atoms with Crippen molar-refractivity contribution < 1.29 is 14.7 Å². The van der Waals surface area contributed by atoms with Crippen molar-refractivity contribution in [2.45, 2.75) is 32.3 Å². The number of hydrogen-bond acceptors (Lipinski definition) is 3. The lowest BCUT2D eigenvalue weighted by atomic mass is 10.1. The Morgan fingerprint density at radius 3 is 2.70 bits per heavy atom. The van der Waals surface area contributed by atoms with E-state index in [1.165, 1.54) is 0 Å². The summed E-state index contributed by atoms with van der Waals surface area (Å²) in [6.07, 6.45) is 1.24. The highest BCUT2D eigenvalue weighted by Crippen LogP contribution is 2.03. The van der Waals surface area contributed by atoms with Crippen molar-refractivity contribution >= 4 is 5.97 Å². The molecule has 0 aromatic rings. The molecule has 4 nitrogen and oxygen atoms in total. The fourth-order valence-corrected chi connectivity index (χ4v) is 0.735. The summed E-state index contributed by atoms with van der Waals surface area (Å²) < 4.78 is 0. The minimum Gasteiger partial charge on any atom is -0.481 e. The van der Waals surface area contributed by atoms with Crippen LogP contribution in [0.1, 0.15) is 26.2 Å². The molecule has 4 heteroatoms. The van der Waals surface area contributed by atoms with Gasteiger partial charge in [0.15, 0.2) is 0 Å². The number of rotatable bonds is 5. The van der Waals surface area contributed by atoms with E-state index in [1.54, 1.807) is 0 Å². The van der Waals surface area contributed by atoms with Crippen LogP contribution in [-0.2, 0) is 9.63 Å². The average molecular weight is 147 g/mol. The Hall–Kier alpha value is -0.610. The fourth-order valence-electron chi connectivity index (χ4n) is 0.735. The SMILES string of the molecule is CCCC(CC(=O)O)ON. The van der Waals surface area contributed by atoms with Crippen molar-refractivity contribution in [3.8, 4) is 0 Å². The number of aliphatic carboxylic acids is 1. The number of carboxylic acids is 1. The molecule has 0 aliphatic heterocycles. The molecule has 0 heterocycles. The Kier molecular flexibility index (Phi) is 4.88. The lowest BCUT2D eigenvalue weighted by Gasteiger charge is -2.09. The second kappa shape index (κ2) is 5.20. The van der Waals surface area contributed by atoms with Gasteiger partial charge in [-0.2, -0.15) is 0 Å². The zero-order valence-corrected chi connectivity index (χ0v) is 6.04. The lowest BCUT2D eigenvalue weighted by molar-refractivity contribution is -0.140. The van der Waals surface area contributed by atoms with E-state index in [4.69, 9.17) is 11.0 Å². The Bertz CT molecular complexity index is 105. The third-order valence-electron chi connectivity index (χ3n) is 1.21. The first kappa shape index (κ1) is 9.39. The predicted octanol–water partition coefficient (Wildman–Crippen LogP) is 0.520. The van der Waals surface area contributed by atoms with Gasteiger partial charge in [-0.3, -0.25) is 4.79 Å². The Morgan fingerprint density at radius 1 is 1.80 bits per heavy atom. The maximum atomic E-state index is 10.1. The number of carboxylic acid groups (broad SMARTS) is 1. The summed E-state index contributed by atoms with van der Waals surface area (Å²) in [5.41, 5.74) is 0. The highest BCUT2D eigenvalue weighted by Gasteiger charge is 2.10. The van der Waals surface area contributed by atoms with E-state index in [0.29, 0.717) is 6.42 Å². The van der Waals surface area contributed by atoms with Crippen molar-refractivity contribution in [3.05, 3.63) is 0 Å². The summed E-state index contributed by atoms with van der Waals surface area (Å²) in [6.45, 7) is 1.95. The minimum atomic E-state index is -0.871. The van der Waals surface area contributed by atoms with E-state index in [1.807, 2.05) is 6.92 Å². The molecule has 3 N–H and O–H groups in total. The quantitative estimate of drug-likeness (QED) is 0.556. The van der Waals surface area contributed by atoms with Gasteiger partial charge in [-0.25, -0.2) is 5.90 Å². The van der Waals surface area contributed by atoms with E-state index >= 15 is 0 Å². The van der Waals surface area contributed by atoms with Crippen LogP contribution in [0.3, 0.4) is 0 Å². The lowest BCUT2D eigenvalue weighted by Crippen LogP contribution is -2.20. The molecule has 0 aliphatic carbocycles. The summed E-state index contributed by atoms with van der Waals surface area (Å²) in [5.74, 6) is 3.97. The molecule has 0 radical (unpaired) electrons. The highest BCUT2D eigenvalue weighted by molar-refractivity contribution is 5.67. The molecular formula is C6H13NO3. The topological polar surface area (TPSA) is 72.5 Å². The molecule has 0 saturated carbocycles. The Labute approximate surface area is 59.9 Å². The molecule has 60 valence electrons. The first-order chi connectivity index (χ1) is 4.70. The maximum absolute atomic E-state index is 10.1. The summed E-state index contributed by atoms with van der Waals surface area (Å²) >= 11 is 0. The van der Waals surface area contributed by atoms with E-state index < -0.39 is 5.97 Å². The van der Waals surface area contributed by atoms with Crippen molar-refractivity contribution in [3.63, 3.8) is 0 Å². The third-order valence-corrected chi connectivity index (χ3v) is 1.21. The van der Waals surface area contributed by atoms with Gasteiger partial charge in [0.2, 0.25) is 0 Å². The van der Waals surface area contributed by atoms with Crippen LogP contribution >= 0.6 is 0 Å². The molecule has 0 spiro atoms. The van der Waals surface area contributed by atoms with Gasteiger partial charge in [0.05, 0.1) is 12.5 Å². The van der Waals surface area contributed by atoms with Crippen LogP contribution in [0, 0.1) is 0 Å². The van der Waals surface area contributed by atoms with E-state index in [2.05, 4.69) is 4.84 Å². The van der Waals surface area contributed by atoms with Gasteiger partial charge in [-0.05, 0) is 6.42 Å². The van der Waals surface area contributed by atoms with Crippen LogP contribution in [0.2, 0.25) is 0 Å². The van der Waals surface area contributed by atoms with Crippen molar-refractivity contribution in [2.75, 3.05) is 0 Å². The molecule has 0 amide bonds. The van der Waals surface area contributed by atoms with E-state index in [-0.39, 0.29) is 12.5 Å². The smallest absolute Gasteiger partial charge is 0.306 e. The molecule has 1 atom stereocenters. The van der Waals surface area contributed by atoms with Gasteiger partial charge in [-0.15, -0.1) is 0 Å². The molecule has 0 bridgehead atoms. The van der Waals surface area contributed by atoms with Crippen LogP contribution in [0.15, 0.2) is 0 Å². The van der Waals surface area contributed by atoms with Crippen molar-refractivity contribution in [1.82, 2.24) is 0 Å². The second-order valence-electron chi connectivity index (χ2n) is 2.14. The third kappa shape index (κ3) is 4.29. The van der Waals surface area contributed by atoms with Gasteiger partial charge >= 0.3 is 5.97 Å². The molecule has 1 unspecified atom stereocenters. The first-order valence-corrected chi connectivity index (χ1v) is 3.28. The van der Waals surface area contributed by atoms with E-state index in [0.717, 1.165) is 6.42 Å². The maximum Gasteiger partial charge on any atom is 0.306 e. The number of carbonyl (C=O) groups is 1. The van der Waals surface area contributed by atoms with Crippen LogP contribution in [0.5, 0.6) is 0 Å². The standard InChI is InChI=1S/C6H13NO3/c1-2-3-5(10-7)4-6(8)9/h5H,2-4,7H2,1H3,(H,8,9). The zero-order chi connectivity index (χ0) is 7.98. The van der Waals surface area contributed by atoms with Crippen LogP contribution in [0.4, 0.5) is 0 Å². The van der Waals surface area contributed by atoms with Gasteiger partial charge in [0.25, 0.3) is 0 Å². The average Bonchev–Trinajstić information content (AvgIpc) is 1.86. The first-order valence-electron chi connectivity index (χ1n) is 3.28. The summed E-state index contributed by atoms with van der Waals surface area (Å²) in [5, 5.41) is 8.31. The molecule has 0 saturated heterocycles. The number of hydrogen-bond donors (Lipinski definition) is 2. The van der Waals surface area contributed by atoms with Gasteiger partial charge in [-0.1, -0.05) is 13.3 Å². The molecule has 0 aromatic carbocycles. The summed E-state index contributed by atoms with van der Waals surface area (Å²) in [4.78, 5) is 14.5. The van der Waals surface area contributed by atoms with Crippen molar-refractivity contribution in [2.24, 2.45) is 5.90 Å². The second-order valence-corrected chi connectivity index (χ2v) is 2.14. The van der Waals surface area contributed by atoms with Gasteiger partial charge in [0, 0.05) is 0 Å². The molecule has 0 aliphatic rings. The van der Waals surface area contributed by atoms with Gasteiger partial charge in [0.1, 0.15) is 0 Å². The molecule has 0 aromatic heterocycles. The Morgan fingerprint density at radius 2 is 2.40 bits per heavy atom. The predicted molar refractivity (Wildman–Crippen MR) is 36.2 cm³/mol.